The maximum absolute atomic E-state index is 13.5. The SMILES string of the molecule is COc1c(NC(C)=O)cc(C(C)(C)C)cc1NC(=O)NC1CCC(Oc2ccc(=N)n(C(=N)[C@@H]3CCCCN3C)c2)c2ccccc21. The molecule has 1 fully saturated rings. The average Bonchev–Trinajstić information content (AvgIpc) is 3.02. The number of likely N-dealkylation sites (tertiary alicyclic amines) is 1. The number of anilines is 2. The number of fused-ring (bicyclic) bond motifs is 1. The molecule has 2 heterocycles. The number of hydrogen-bond donors (Lipinski definition) is 5. The van der Waals surface area contributed by atoms with Gasteiger partial charge in [0.1, 0.15) is 23.2 Å². The van der Waals surface area contributed by atoms with Crippen LogP contribution >= 0.6 is 0 Å². The van der Waals surface area contributed by atoms with Gasteiger partial charge >= 0.3 is 6.03 Å². The molecule has 0 spiro atoms. The van der Waals surface area contributed by atoms with Crippen LogP contribution in [0.25, 0.3) is 0 Å². The molecule has 1 saturated heterocycles. The molecule has 2 aromatic carbocycles. The lowest BCUT2D eigenvalue weighted by Gasteiger charge is -2.34. The average molecular weight is 642 g/mol. The van der Waals surface area contributed by atoms with Gasteiger partial charge in [0.2, 0.25) is 5.91 Å². The standard InChI is InChI=1S/C36H47N7O4/c1-22(44)39-28-19-23(36(2,3)4)20-29(33(28)46-6)41-35(45)40-27-15-16-31(26-12-8-7-11-25(26)27)47-24-14-17-32(37)43(21-24)34(38)30-13-9-10-18-42(30)5/h7-8,11-12,14,17,19-21,27,30-31,37-38H,9-10,13,15-16,18H2,1-6H3,(H,39,44)(H2,40,41,45)/t27?,30-,31?/m0/s1. The molecule has 0 radical (unpaired) electrons. The normalized spacial score (nSPS) is 19.7. The summed E-state index contributed by atoms with van der Waals surface area (Å²) in [6.07, 6.45) is 5.89. The first-order valence-corrected chi connectivity index (χ1v) is 16.2. The third-order valence-corrected chi connectivity index (χ3v) is 9.00. The number of carbonyl (C=O) groups excluding carboxylic acids is 2. The lowest BCUT2D eigenvalue weighted by molar-refractivity contribution is -0.114. The highest BCUT2D eigenvalue weighted by Gasteiger charge is 2.31. The third-order valence-electron chi connectivity index (χ3n) is 9.00. The third kappa shape index (κ3) is 7.68. The van der Waals surface area contributed by atoms with Crippen LogP contribution in [0.5, 0.6) is 11.5 Å². The molecule has 0 bridgehead atoms. The number of benzene rings is 2. The number of aromatic nitrogens is 1. The molecule has 2 unspecified atom stereocenters. The summed E-state index contributed by atoms with van der Waals surface area (Å²) >= 11 is 0. The molecule has 5 N–H and O–H groups in total. The number of carbonyl (C=O) groups is 2. The van der Waals surface area contributed by atoms with Crippen LogP contribution in [-0.4, -0.2) is 54.0 Å². The van der Waals surface area contributed by atoms with Crippen LogP contribution in [0, 0.1) is 10.8 Å². The minimum atomic E-state index is -0.388. The van der Waals surface area contributed by atoms with E-state index >= 15 is 0 Å². The quantitative estimate of drug-likeness (QED) is 0.152. The lowest BCUT2D eigenvalue weighted by atomic mass is 9.85. The molecule has 11 heteroatoms. The number of pyridine rings is 1. The number of ether oxygens (including phenoxy) is 2. The predicted molar refractivity (Wildman–Crippen MR) is 184 cm³/mol. The molecule has 1 aromatic heterocycles. The Morgan fingerprint density at radius 1 is 0.957 bits per heavy atom. The Bertz CT molecular complexity index is 1710. The summed E-state index contributed by atoms with van der Waals surface area (Å²) in [5, 5.41) is 26.3. The second kappa shape index (κ2) is 14.0. The van der Waals surface area contributed by atoms with Crippen molar-refractivity contribution in [1.29, 1.82) is 10.8 Å². The van der Waals surface area contributed by atoms with Crippen LogP contribution in [0.15, 0.2) is 54.7 Å². The monoisotopic (exact) mass is 641 g/mol. The summed E-state index contributed by atoms with van der Waals surface area (Å²) in [6, 6.07) is 14.5. The summed E-state index contributed by atoms with van der Waals surface area (Å²) in [5.41, 5.74) is 3.84. The van der Waals surface area contributed by atoms with Gasteiger partial charge in [0.05, 0.1) is 36.8 Å². The molecule has 47 heavy (non-hydrogen) atoms. The molecule has 5 rings (SSSR count). The fourth-order valence-corrected chi connectivity index (χ4v) is 6.49. The van der Waals surface area contributed by atoms with Crippen LogP contribution in [0.3, 0.4) is 0 Å². The number of nitrogens with one attached hydrogen (secondary N) is 5. The van der Waals surface area contributed by atoms with Crippen molar-refractivity contribution in [3.63, 3.8) is 0 Å². The van der Waals surface area contributed by atoms with Crippen molar-refractivity contribution >= 4 is 29.1 Å². The Hall–Kier alpha value is -4.64. The van der Waals surface area contributed by atoms with Crippen molar-refractivity contribution in [2.75, 3.05) is 31.3 Å². The van der Waals surface area contributed by atoms with Crippen molar-refractivity contribution in [2.45, 2.75) is 83.4 Å². The first-order chi connectivity index (χ1) is 22.3. The van der Waals surface area contributed by atoms with E-state index in [0.29, 0.717) is 41.6 Å². The van der Waals surface area contributed by atoms with Gasteiger partial charge in [0, 0.05) is 6.92 Å². The largest absolute Gasteiger partial charge is 0.492 e. The Labute approximate surface area is 276 Å². The Kier molecular flexibility index (Phi) is 10.0. The summed E-state index contributed by atoms with van der Waals surface area (Å²) in [5.74, 6) is 1.12. The van der Waals surface area contributed by atoms with Crippen molar-refractivity contribution in [3.05, 3.63) is 76.9 Å². The second-order valence-corrected chi connectivity index (χ2v) is 13.5. The summed E-state index contributed by atoms with van der Waals surface area (Å²) < 4.78 is 13.8. The number of amides is 3. The van der Waals surface area contributed by atoms with Gasteiger partial charge in [-0.05, 0) is 85.6 Å². The van der Waals surface area contributed by atoms with Gasteiger partial charge in [-0.2, -0.15) is 0 Å². The van der Waals surface area contributed by atoms with Crippen LogP contribution < -0.4 is 30.9 Å². The topological polar surface area (TPSA) is 145 Å². The molecule has 1 aliphatic heterocycles. The zero-order chi connectivity index (χ0) is 33.9. The van der Waals surface area contributed by atoms with E-state index in [-0.39, 0.29) is 41.0 Å². The maximum Gasteiger partial charge on any atom is 0.319 e. The number of rotatable bonds is 7. The van der Waals surface area contributed by atoms with E-state index in [4.69, 9.17) is 20.3 Å². The predicted octanol–water partition coefficient (Wildman–Crippen LogP) is 6.32. The van der Waals surface area contributed by atoms with E-state index in [2.05, 4.69) is 41.6 Å². The molecule has 2 aliphatic rings. The van der Waals surface area contributed by atoms with Crippen molar-refractivity contribution in [1.82, 2.24) is 14.8 Å². The van der Waals surface area contributed by atoms with Crippen molar-refractivity contribution in [3.8, 4) is 11.5 Å². The van der Waals surface area contributed by atoms with Gasteiger partial charge in [-0.15, -0.1) is 0 Å². The second-order valence-electron chi connectivity index (χ2n) is 13.5. The maximum atomic E-state index is 13.5. The lowest BCUT2D eigenvalue weighted by Crippen LogP contribution is -2.46. The number of likely N-dealkylation sites (N-methyl/N-ethyl adjacent to an activating group) is 1. The van der Waals surface area contributed by atoms with Crippen LogP contribution in [0.4, 0.5) is 16.2 Å². The number of piperidine rings is 1. The Morgan fingerprint density at radius 2 is 1.66 bits per heavy atom. The first kappa shape index (κ1) is 33.7. The van der Waals surface area contributed by atoms with E-state index in [1.54, 1.807) is 22.9 Å². The van der Waals surface area contributed by atoms with E-state index in [0.717, 1.165) is 42.5 Å². The highest BCUT2D eigenvalue weighted by Crippen LogP contribution is 2.40. The van der Waals surface area contributed by atoms with Gasteiger partial charge in [-0.25, -0.2) is 4.79 Å². The van der Waals surface area contributed by atoms with Crippen molar-refractivity contribution in [2.24, 2.45) is 0 Å². The fourth-order valence-electron chi connectivity index (χ4n) is 6.49. The van der Waals surface area contributed by atoms with Gasteiger partial charge < -0.3 is 25.4 Å². The molecule has 250 valence electrons. The van der Waals surface area contributed by atoms with Gasteiger partial charge in [0.15, 0.2) is 5.75 Å². The molecule has 0 saturated carbocycles. The van der Waals surface area contributed by atoms with Gasteiger partial charge in [0.25, 0.3) is 0 Å². The highest BCUT2D eigenvalue weighted by molar-refractivity contribution is 5.97. The molecular formula is C36H47N7O4. The van der Waals surface area contributed by atoms with E-state index in [9.17, 15) is 9.59 Å². The first-order valence-electron chi connectivity index (χ1n) is 16.2. The zero-order valence-electron chi connectivity index (χ0n) is 28.2. The minimum Gasteiger partial charge on any atom is -0.492 e. The molecular weight excluding hydrogens is 594 g/mol. The summed E-state index contributed by atoms with van der Waals surface area (Å²) in [4.78, 5) is 27.6. The van der Waals surface area contributed by atoms with Crippen LogP contribution in [-0.2, 0) is 10.2 Å². The highest BCUT2D eigenvalue weighted by atomic mass is 16.5. The zero-order valence-corrected chi connectivity index (χ0v) is 28.2. The summed E-state index contributed by atoms with van der Waals surface area (Å²) in [6.45, 7) is 8.57. The smallest absolute Gasteiger partial charge is 0.319 e. The molecule has 1 aliphatic carbocycles. The van der Waals surface area contributed by atoms with Crippen LogP contribution in [0.2, 0.25) is 0 Å². The number of nitrogens with zero attached hydrogens (tertiary/aromatic N) is 2. The summed E-state index contributed by atoms with van der Waals surface area (Å²) in [7, 11) is 3.55. The Morgan fingerprint density at radius 3 is 2.32 bits per heavy atom. The van der Waals surface area contributed by atoms with E-state index in [1.165, 1.54) is 14.0 Å². The van der Waals surface area contributed by atoms with E-state index < -0.39 is 0 Å². The molecule has 3 aromatic rings. The van der Waals surface area contributed by atoms with E-state index in [1.807, 2.05) is 43.4 Å². The number of hydrogen-bond acceptors (Lipinski definition) is 7. The molecule has 3 atom stereocenters. The fraction of sp³-hybridized carbons (Fsp3) is 0.444. The molecule has 11 nitrogen and oxygen atoms in total. The van der Waals surface area contributed by atoms with Gasteiger partial charge in [-0.1, -0.05) is 51.5 Å². The minimum absolute atomic E-state index is 0.0330. The Balaban J connectivity index is 1.34. The van der Waals surface area contributed by atoms with Gasteiger partial charge in [-0.3, -0.25) is 25.1 Å². The van der Waals surface area contributed by atoms with Crippen LogP contribution in [0.1, 0.15) is 88.6 Å². The van der Waals surface area contributed by atoms with Crippen molar-refractivity contribution < 1.29 is 19.1 Å². The number of urea groups is 1. The molecule has 3 amide bonds. The number of methoxy groups -OCH3 is 1.